The Hall–Kier alpha value is -1.12. The Morgan fingerprint density at radius 1 is 1.17 bits per heavy atom. The van der Waals surface area contributed by atoms with Gasteiger partial charge in [-0.1, -0.05) is 19.4 Å². The van der Waals surface area contributed by atoms with E-state index in [0.717, 1.165) is 5.57 Å². The van der Waals surface area contributed by atoms with Crippen molar-refractivity contribution in [3.05, 3.63) is 11.6 Å². The Kier molecular flexibility index (Phi) is 8.96. The molecule has 1 N–H and O–H groups in total. The lowest BCUT2D eigenvalue weighted by molar-refractivity contribution is -0.134. The molecule has 0 aromatic rings. The number of hydrogen-bond acceptors (Lipinski definition) is 2. The fourth-order valence-electron chi connectivity index (χ4n) is 0.451. The highest BCUT2D eigenvalue weighted by atomic mass is 16.2. The molecule has 0 aliphatic rings. The maximum atomic E-state index is 10.7. The molecule has 0 fully saturated rings. The predicted octanol–water partition coefficient (Wildman–Crippen LogP) is 1.29. The number of amides is 1. The van der Waals surface area contributed by atoms with Crippen LogP contribution in [0.5, 0.6) is 0 Å². The molecule has 0 bridgehead atoms. The minimum Gasteiger partial charge on any atom is -0.352 e. The van der Waals surface area contributed by atoms with Crippen LogP contribution in [0.4, 0.5) is 0 Å². The number of carbonyl (C=O) groups excluding carboxylic acids is 2. The lowest BCUT2D eigenvalue weighted by Gasteiger charge is -1.91. The predicted molar refractivity (Wildman–Crippen MR) is 49.9 cm³/mol. The summed E-state index contributed by atoms with van der Waals surface area (Å²) in [6.45, 7) is 7.53. The molecule has 0 unspecified atom stereocenters. The van der Waals surface area contributed by atoms with Crippen LogP contribution < -0.4 is 5.32 Å². The van der Waals surface area contributed by atoms with Gasteiger partial charge in [0.15, 0.2) is 0 Å². The fourth-order valence-corrected chi connectivity index (χ4v) is 0.451. The van der Waals surface area contributed by atoms with E-state index in [9.17, 15) is 9.59 Å². The van der Waals surface area contributed by atoms with Gasteiger partial charge >= 0.3 is 0 Å². The molecule has 0 rings (SSSR count). The summed E-state index contributed by atoms with van der Waals surface area (Å²) in [7, 11) is 1.43. The van der Waals surface area contributed by atoms with Crippen molar-refractivity contribution in [2.24, 2.45) is 0 Å². The molecular weight excluding hydrogens is 154 g/mol. The van der Waals surface area contributed by atoms with Gasteiger partial charge in [-0.15, -0.1) is 0 Å². The standard InChI is InChI=1S/C7H11NO2.C2H6/c1-5(2)4-6(9)7(10)8-3;1-2/h4H,1-3H3,(H,8,10);1-2H3. The topological polar surface area (TPSA) is 46.2 Å². The van der Waals surface area contributed by atoms with Gasteiger partial charge in [-0.05, 0) is 19.9 Å². The zero-order chi connectivity index (χ0) is 10.1. The van der Waals surface area contributed by atoms with E-state index in [1.165, 1.54) is 13.1 Å². The first-order valence-corrected chi connectivity index (χ1v) is 3.99. The van der Waals surface area contributed by atoms with E-state index in [-0.39, 0.29) is 0 Å². The van der Waals surface area contributed by atoms with Gasteiger partial charge in [-0.2, -0.15) is 0 Å². The molecule has 0 aliphatic carbocycles. The third-order valence-electron chi connectivity index (χ3n) is 0.871. The molecule has 3 heteroatoms. The lowest BCUT2D eigenvalue weighted by Crippen LogP contribution is -2.25. The van der Waals surface area contributed by atoms with Crippen LogP contribution in [0.15, 0.2) is 11.6 Å². The van der Waals surface area contributed by atoms with Gasteiger partial charge in [-0.25, -0.2) is 0 Å². The number of carbonyl (C=O) groups is 2. The Labute approximate surface area is 73.8 Å². The van der Waals surface area contributed by atoms with Crippen LogP contribution >= 0.6 is 0 Å². The van der Waals surface area contributed by atoms with Crippen LogP contribution in [0.1, 0.15) is 27.7 Å². The van der Waals surface area contributed by atoms with Crippen LogP contribution in [0, 0.1) is 0 Å². The first-order chi connectivity index (χ1) is 5.57. The molecule has 12 heavy (non-hydrogen) atoms. The lowest BCUT2D eigenvalue weighted by atomic mass is 10.2. The van der Waals surface area contributed by atoms with E-state index in [2.05, 4.69) is 5.32 Å². The summed E-state index contributed by atoms with van der Waals surface area (Å²) >= 11 is 0. The third kappa shape index (κ3) is 6.99. The van der Waals surface area contributed by atoms with Crippen molar-refractivity contribution in [3.63, 3.8) is 0 Å². The largest absolute Gasteiger partial charge is 0.352 e. The van der Waals surface area contributed by atoms with Crippen LogP contribution in [-0.4, -0.2) is 18.7 Å². The van der Waals surface area contributed by atoms with E-state index in [1.807, 2.05) is 13.8 Å². The molecule has 0 heterocycles. The summed E-state index contributed by atoms with van der Waals surface area (Å²) in [4.78, 5) is 21.2. The molecule has 0 spiro atoms. The molecule has 0 atom stereocenters. The number of allylic oxidation sites excluding steroid dienone is 1. The summed E-state index contributed by atoms with van der Waals surface area (Å²) < 4.78 is 0. The zero-order valence-corrected chi connectivity index (χ0v) is 8.39. The molecular formula is C9H17NO2. The monoisotopic (exact) mass is 171 g/mol. The summed E-state index contributed by atoms with van der Waals surface area (Å²) in [6, 6.07) is 0. The second kappa shape index (κ2) is 7.98. The minimum atomic E-state index is -0.568. The highest BCUT2D eigenvalue weighted by Crippen LogP contribution is 1.88. The second-order valence-corrected chi connectivity index (χ2v) is 2.17. The molecule has 0 radical (unpaired) electrons. The molecule has 0 saturated heterocycles. The third-order valence-corrected chi connectivity index (χ3v) is 0.871. The van der Waals surface area contributed by atoms with Crippen molar-refractivity contribution >= 4 is 11.7 Å². The van der Waals surface area contributed by atoms with Gasteiger partial charge in [0.2, 0.25) is 5.78 Å². The van der Waals surface area contributed by atoms with Crippen molar-refractivity contribution in [3.8, 4) is 0 Å². The molecule has 0 aromatic heterocycles. The van der Waals surface area contributed by atoms with E-state index in [4.69, 9.17) is 0 Å². The molecule has 1 amide bonds. The van der Waals surface area contributed by atoms with Crippen molar-refractivity contribution in [1.29, 1.82) is 0 Å². The Morgan fingerprint density at radius 2 is 1.58 bits per heavy atom. The zero-order valence-electron chi connectivity index (χ0n) is 8.39. The molecule has 3 nitrogen and oxygen atoms in total. The SMILES string of the molecule is CC.CNC(=O)C(=O)C=C(C)C. The molecule has 0 saturated carbocycles. The summed E-state index contributed by atoms with van der Waals surface area (Å²) in [6.07, 6.45) is 1.30. The Balaban J connectivity index is 0. The normalized spacial score (nSPS) is 7.42. The van der Waals surface area contributed by atoms with Crippen LogP contribution in [0.25, 0.3) is 0 Å². The van der Waals surface area contributed by atoms with Gasteiger partial charge in [-0.3, -0.25) is 9.59 Å². The van der Waals surface area contributed by atoms with Gasteiger partial charge in [0, 0.05) is 7.05 Å². The van der Waals surface area contributed by atoms with Crippen LogP contribution in [0.2, 0.25) is 0 Å². The van der Waals surface area contributed by atoms with E-state index < -0.39 is 11.7 Å². The minimum absolute atomic E-state index is 0.498. The van der Waals surface area contributed by atoms with E-state index >= 15 is 0 Å². The quantitative estimate of drug-likeness (QED) is 0.502. The van der Waals surface area contributed by atoms with Crippen LogP contribution in [-0.2, 0) is 9.59 Å². The smallest absolute Gasteiger partial charge is 0.291 e. The Bertz CT molecular complexity index is 179. The average Bonchev–Trinajstić information content (AvgIpc) is 2.05. The number of ketones is 1. The van der Waals surface area contributed by atoms with Gasteiger partial charge in [0.25, 0.3) is 5.91 Å². The van der Waals surface area contributed by atoms with Gasteiger partial charge in [0.1, 0.15) is 0 Å². The maximum Gasteiger partial charge on any atom is 0.291 e. The number of likely N-dealkylation sites (N-methyl/N-ethyl adjacent to an activating group) is 1. The van der Waals surface area contributed by atoms with Crippen LogP contribution in [0.3, 0.4) is 0 Å². The molecule has 0 aromatic carbocycles. The first-order valence-electron chi connectivity index (χ1n) is 3.99. The number of rotatable bonds is 2. The number of nitrogens with one attached hydrogen (secondary N) is 1. The van der Waals surface area contributed by atoms with Crippen molar-refractivity contribution in [2.45, 2.75) is 27.7 Å². The van der Waals surface area contributed by atoms with Crippen molar-refractivity contribution in [1.82, 2.24) is 5.32 Å². The first kappa shape index (κ1) is 13.5. The van der Waals surface area contributed by atoms with Gasteiger partial charge < -0.3 is 5.32 Å². The van der Waals surface area contributed by atoms with E-state index in [1.54, 1.807) is 13.8 Å². The molecule has 0 aliphatic heterocycles. The maximum absolute atomic E-state index is 10.7. The fraction of sp³-hybridized carbons (Fsp3) is 0.556. The number of hydrogen-bond donors (Lipinski definition) is 1. The molecule has 70 valence electrons. The average molecular weight is 171 g/mol. The Morgan fingerprint density at radius 3 is 1.83 bits per heavy atom. The van der Waals surface area contributed by atoms with Crippen molar-refractivity contribution < 1.29 is 9.59 Å². The summed E-state index contributed by atoms with van der Waals surface area (Å²) in [5, 5.41) is 2.24. The van der Waals surface area contributed by atoms with E-state index in [0.29, 0.717) is 0 Å². The summed E-state index contributed by atoms with van der Waals surface area (Å²) in [5.41, 5.74) is 0.827. The summed E-state index contributed by atoms with van der Waals surface area (Å²) in [5.74, 6) is -1.07. The van der Waals surface area contributed by atoms with Gasteiger partial charge in [0.05, 0.1) is 0 Å². The highest BCUT2D eigenvalue weighted by molar-refractivity contribution is 6.40. The highest BCUT2D eigenvalue weighted by Gasteiger charge is 2.05. The van der Waals surface area contributed by atoms with Crippen molar-refractivity contribution in [2.75, 3.05) is 7.05 Å². The second-order valence-electron chi connectivity index (χ2n) is 2.17.